The fourth-order valence-corrected chi connectivity index (χ4v) is 4.02. The van der Waals surface area contributed by atoms with Gasteiger partial charge in [0.15, 0.2) is 0 Å². The summed E-state index contributed by atoms with van der Waals surface area (Å²) in [5.74, 6) is 2.03. The summed E-state index contributed by atoms with van der Waals surface area (Å²) >= 11 is 0. The summed E-state index contributed by atoms with van der Waals surface area (Å²) in [6, 6.07) is 1.96. The van der Waals surface area contributed by atoms with Gasteiger partial charge in [-0.1, -0.05) is 19.3 Å². The van der Waals surface area contributed by atoms with E-state index in [1.165, 1.54) is 6.42 Å². The summed E-state index contributed by atoms with van der Waals surface area (Å²) in [5, 5.41) is 0. The van der Waals surface area contributed by atoms with E-state index in [1.54, 1.807) is 9.80 Å². The molecule has 2 fully saturated rings. The first-order valence-corrected chi connectivity index (χ1v) is 9.89. The minimum atomic E-state index is 0.0855. The van der Waals surface area contributed by atoms with Crippen molar-refractivity contribution in [3.05, 3.63) is 17.6 Å². The monoisotopic (exact) mass is 373 g/mol. The van der Waals surface area contributed by atoms with E-state index < -0.39 is 0 Å². The van der Waals surface area contributed by atoms with Crippen LogP contribution in [-0.4, -0.2) is 66.3 Å². The van der Waals surface area contributed by atoms with Gasteiger partial charge in [-0.3, -0.25) is 9.59 Å². The Balaban J connectivity index is 1.77. The average Bonchev–Trinajstić information content (AvgIpc) is 3.00. The summed E-state index contributed by atoms with van der Waals surface area (Å²) in [5.41, 5.74) is 0.889. The number of anilines is 1. The van der Waals surface area contributed by atoms with Crippen LogP contribution in [0.25, 0.3) is 0 Å². The normalized spacial score (nSPS) is 20.8. The maximum atomic E-state index is 12.8. The zero-order chi connectivity index (χ0) is 19.6. The Morgan fingerprint density at radius 1 is 1.19 bits per heavy atom. The number of likely N-dealkylation sites (N-methyl/N-ethyl adjacent to an activating group) is 1. The standard InChI is InChI=1S/C20H31N5O2/c1-23(2)18-11-16(15-10-19(26)24(3)12-15)21-17(22-18)13-25(4)20(27)14-8-6-5-7-9-14/h11,14-15H,5-10,12-13H2,1-4H3. The molecule has 3 rings (SSSR count). The quantitative estimate of drug-likeness (QED) is 0.790. The van der Waals surface area contributed by atoms with Crippen LogP contribution in [0.1, 0.15) is 56.0 Å². The summed E-state index contributed by atoms with van der Waals surface area (Å²) in [4.78, 5) is 39.5. The van der Waals surface area contributed by atoms with Gasteiger partial charge in [0, 0.05) is 59.1 Å². The van der Waals surface area contributed by atoms with E-state index >= 15 is 0 Å². The lowest BCUT2D eigenvalue weighted by molar-refractivity contribution is -0.135. The average molecular weight is 374 g/mol. The molecule has 148 valence electrons. The van der Waals surface area contributed by atoms with Crippen molar-refractivity contribution in [1.82, 2.24) is 19.8 Å². The Labute approximate surface area is 161 Å². The first-order chi connectivity index (χ1) is 12.8. The zero-order valence-electron chi connectivity index (χ0n) is 16.9. The molecule has 0 N–H and O–H groups in total. The van der Waals surface area contributed by atoms with Crippen LogP contribution in [0.4, 0.5) is 5.82 Å². The first kappa shape index (κ1) is 19.6. The van der Waals surface area contributed by atoms with Gasteiger partial charge in [0.2, 0.25) is 11.8 Å². The number of hydrogen-bond acceptors (Lipinski definition) is 5. The van der Waals surface area contributed by atoms with Crippen molar-refractivity contribution in [3.8, 4) is 0 Å². The number of carbonyl (C=O) groups is 2. The lowest BCUT2D eigenvalue weighted by Crippen LogP contribution is -2.34. The molecular weight excluding hydrogens is 342 g/mol. The SMILES string of the molecule is CN1CC(c2cc(N(C)C)nc(CN(C)C(=O)C3CCCCC3)n2)CC1=O. The van der Waals surface area contributed by atoms with Crippen molar-refractivity contribution in [2.24, 2.45) is 5.92 Å². The largest absolute Gasteiger partial charge is 0.363 e. The molecule has 1 saturated carbocycles. The highest BCUT2D eigenvalue weighted by Gasteiger charge is 2.30. The van der Waals surface area contributed by atoms with Crippen LogP contribution in [-0.2, 0) is 16.1 Å². The Kier molecular flexibility index (Phi) is 5.97. The maximum absolute atomic E-state index is 12.8. The fourth-order valence-electron chi connectivity index (χ4n) is 4.02. The fraction of sp³-hybridized carbons (Fsp3) is 0.700. The van der Waals surface area contributed by atoms with Gasteiger partial charge in [-0.05, 0) is 12.8 Å². The Morgan fingerprint density at radius 2 is 1.89 bits per heavy atom. The molecule has 2 aliphatic rings. The zero-order valence-corrected chi connectivity index (χ0v) is 16.9. The van der Waals surface area contributed by atoms with Crippen molar-refractivity contribution in [2.75, 3.05) is 39.6 Å². The predicted octanol–water partition coefficient (Wildman–Crippen LogP) is 2.03. The molecule has 1 aromatic heterocycles. The highest BCUT2D eigenvalue weighted by Crippen LogP contribution is 2.28. The summed E-state index contributed by atoms with van der Waals surface area (Å²) in [6.45, 7) is 1.08. The minimum Gasteiger partial charge on any atom is -0.363 e. The van der Waals surface area contributed by atoms with E-state index in [9.17, 15) is 9.59 Å². The smallest absolute Gasteiger partial charge is 0.225 e. The second-order valence-electron chi connectivity index (χ2n) is 8.17. The number of amides is 2. The predicted molar refractivity (Wildman–Crippen MR) is 104 cm³/mol. The molecule has 0 aromatic carbocycles. The highest BCUT2D eigenvalue weighted by atomic mass is 16.2. The second-order valence-corrected chi connectivity index (χ2v) is 8.17. The van der Waals surface area contributed by atoms with Crippen molar-refractivity contribution < 1.29 is 9.59 Å². The lowest BCUT2D eigenvalue weighted by atomic mass is 9.88. The Morgan fingerprint density at radius 3 is 2.48 bits per heavy atom. The molecule has 1 atom stereocenters. The molecule has 0 radical (unpaired) electrons. The van der Waals surface area contributed by atoms with E-state index in [0.29, 0.717) is 25.3 Å². The van der Waals surface area contributed by atoms with Gasteiger partial charge in [0.05, 0.1) is 12.2 Å². The minimum absolute atomic E-state index is 0.0855. The number of hydrogen-bond donors (Lipinski definition) is 0. The van der Waals surface area contributed by atoms with E-state index in [2.05, 4.69) is 4.98 Å². The third-order valence-electron chi connectivity index (χ3n) is 5.71. The number of aromatic nitrogens is 2. The van der Waals surface area contributed by atoms with Crippen LogP contribution in [0.5, 0.6) is 0 Å². The highest BCUT2D eigenvalue weighted by molar-refractivity contribution is 5.79. The number of rotatable bonds is 5. The van der Waals surface area contributed by atoms with Crippen LogP contribution in [0.15, 0.2) is 6.07 Å². The number of carbonyl (C=O) groups excluding carboxylic acids is 2. The van der Waals surface area contributed by atoms with E-state index in [4.69, 9.17) is 4.98 Å². The third kappa shape index (κ3) is 4.57. The van der Waals surface area contributed by atoms with E-state index in [1.807, 2.05) is 39.2 Å². The van der Waals surface area contributed by atoms with Gasteiger partial charge in [0.25, 0.3) is 0 Å². The molecule has 1 saturated heterocycles. The molecule has 1 aliphatic heterocycles. The van der Waals surface area contributed by atoms with Crippen molar-refractivity contribution >= 4 is 17.6 Å². The van der Waals surface area contributed by atoms with Gasteiger partial charge in [-0.15, -0.1) is 0 Å². The van der Waals surface area contributed by atoms with Gasteiger partial charge >= 0.3 is 0 Å². The molecule has 0 spiro atoms. The lowest BCUT2D eigenvalue weighted by Gasteiger charge is -2.26. The summed E-state index contributed by atoms with van der Waals surface area (Å²) < 4.78 is 0. The van der Waals surface area contributed by atoms with Gasteiger partial charge in [-0.25, -0.2) is 9.97 Å². The maximum Gasteiger partial charge on any atom is 0.225 e. The molecule has 7 nitrogen and oxygen atoms in total. The van der Waals surface area contributed by atoms with Crippen LogP contribution < -0.4 is 4.90 Å². The van der Waals surface area contributed by atoms with Crippen molar-refractivity contribution in [1.29, 1.82) is 0 Å². The number of nitrogens with zero attached hydrogens (tertiary/aromatic N) is 5. The first-order valence-electron chi connectivity index (χ1n) is 9.89. The molecule has 2 heterocycles. The Hall–Kier alpha value is -2.18. The van der Waals surface area contributed by atoms with Crippen LogP contribution in [0, 0.1) is 5.92 Å². The Bertz CT molecular complexity index is 700. The van der Waals surface area contributed by atoms with Gasteiger partial charge in [0.1, 0.15) is 11.6 Å². The van der Waals surface area contributed by atoms with Gasteiger partial charge < -0.3 is 14.7 Å². The van der Waals surface area contributed by atoms with Crippen LogP contribution in [0.3, 0.4) is 0 Å². The van der Waals surface area contributed by atoms with Crippen LogP contribution >= 0.6 is 0 Å². The molecular formula is C20H31N5O2. The van der Waals surface area contributed by atoms with Crippen LogP contribution in [0.2, 0.25) is 0 Å². The summed E-state index contributed by atoms with van der Waals surface area (Å²) in [7, 11) is 7.56. The van der Waals surface area contributed by atoms with Gasteiger partial charge in [-0.2, -0.15) is 0 Å². The van der Waals surface area contributed by atoms with Crippen molar-refractivity contribution in [3.63, 3.8) is 0 Å². The van der Waals surface area contributed by atoms with E-state index in [0.717, 1.165) is 37.2 Å². The second kappa shape index (κ2) is 8.23. The van der Waals surface area contributed by atoms with Crippen molar-refractivity contribution in [2.45, 2.75) is 51.0 Å². The summed E-state index contributed by atoms with van der Waals surface area (Å²) in [6.07, 6.45) is 5.98. The van der Waals surface area contributed by atoms with E-state index in [-0.39, 0.29) is 23.7 Å². The molecule has 1 aliphatic carbocycles. The third-order valence-corrected chi connectivity index (χ3v) is 5.71. The molecule has 27 heavy (non-hydrogen) atoms. The molecule has 7 heteroatoms. The number of likely N-dealkylation sites (tertiary alicyclic amines) is 1. The molecule has 0 bridgehead atoms. The molecule has 2 amide bonds. The molecule has 1 aromatic rings. The topological polar surface area (TPSA) is 69.6 Å². The molecule has 1 unspecified atom stereocenters.